The number of ether oxygens (including phenoxy) is 1. The van der Waals surface area contributed by atoms with E-state index in [2.05, 4.69) is 10.3 Å². The first-order valence-electron chi connectivity index (χ1n) is 3.25. The predicted molar refractivity (Wildman–Crippen MR) is 44.7 cm³/mol. The van der Waals surface area contributed by atoms with Crippen LogP contribution in [0.5, 0.6) is 5.75 Å². The van der Waals surface area contributed by atoms with Crippen LogP contribution in [-0.4, -0.2) is 19.1 Å². The minimum atomic E-state index is 0.480. The molecule has 0 saturated heterocycles. The lowest BCUT2D eigenvalue weighted by Crippen LogP contribution is -1.98. The number of nitrogen functional groups attached to an aromatic ring is 1. The van der Waals surface area contributed by atoms with Crippen LogP contribution >= 0.6 is 0 Å². The summed E-state index contributed by atoms with van der Waals surface area (Å²) in [6, 6.07) is 1.79. The number of aromatic nitrogens is 1. The van der Waals surface area contributed by atoms with E-state index in [-0.39, 0.29) is 0 Å². The third-order valence-corrected chi connectivity index (χ3v) is 1.40. The van der Waals surface area contributed by atoms with Gasteiger partial charge in [-0.05, 0) is 0 Å². The van der Waals surface area contributed by atoms with E-state index in [1.807, 2.05) is 0 Å². The summed E-state index contributed by atoms with van der Waals surface area (Å²) in [5, 5.41) is 2.90. The van der Waals surface area contributed by atoms with E-state index < -0.39 is 0 Å². The number of methoxy groups -OCH3 is 1. The van der Waals surface area contributed by atoms with Crippen LogP contribution in [0.1, 0.15) is 0 Å². The summed E-state index contributed by atoms with van der Waals surface area (Å²) >= 11 is 0. The minimum absolute atomic E-state index is 0.480. The molecule has 0 aliphatic rings. The molecule has 4 nitrogen and oxygen atoms in total. The van der Waals surface area contributed by atoms with E-state index in [0.717, 1.165) is 5.69 Å². The van der Waals surface area contributed by atoms with Crippen molar-refractivity contribution in [3.8, 4) is 5.75 Å². The average molecular weight is 153 g/mol. The lowest BCUT2D eigenvalue weighted by Gasteiger charge is -2.05. The maximum atomic E-state index is 5.53. The van der Waals surface area contributed by atoms with E-state index in [1.54, 1.807) is 26.4 Å². The number of nitrogens with one attached hydrogen (secondary N) is 1. The van der Waals surface area contributed by atoms with Crippen molar-refractivity contribution in [3.05, 3.63) is 12.3 Å². The molecule has 0 radical (unpaired) electrons. The van der Waals surface area contributed by atoms with Gasteiger partial charge in [0.2, 0.25) is 0 Å². The fourth-order valence-electron chi connectivity index (χ4n) is 0.768. The molecule has 0 amide bonds. The standard InChI is InChI=1S/C7H11N3O/c1-9-6-3-5(11-2)4-10-7(6)8/h3-4,9H,1-2H3,(H2,8,10). The molecule has 0 fully saturated rings. The van der Waals surface area contributed by atoms with Gasteiger partial charge in [0.25, 0.3) is 0 Å². The van der Waals surface area contributed by atoms with E-state index in [9.17, 15) is 0 Å². The van der Waals surface area contributed by atoms with Crippen LogP contribution in [0.25, 0.3) is 0 Å². The Bertz CT molecular complexity index is 249. The number of hydrogen-bond donors (Lipinski definition) is 2. The molecule has 0 aromatic carbocycles. The third-order valence-electron chi connectivity index (χ3n) is 1.40. The molecule has 1 rings (SSSR count). The second kappa shape index (κ2) is 3.09. The average Bonchev–Trinajstić information content (AvgIpc) is 2.05. The highest BCUT2D eigenvalue weighted by molar-refractivity contribution is 5.62. The van der Waals surface area contributed by atoms with Gasteiger partial charge in [0, 0.05) is 13.1 Å². The normalized spacial score (nSPS) is 9.27. The number of hydrogen-bond acceptors (Lipinski definition) is 4. The molecule has 11 heavy (non-hydrogen) atoms. The van der Waals surface area contributed by atoms with E-state index >= 15 is 0 Å². The van der Waals surface area contributed by atoms with Gasteiger partial charge >= 0.3 is 0 Å². The first-order valence-corrected chi connectivity index (χ1v) is 3.25. The zero-order valence-electron chi connectivity index (χ0n) is 6.59. The van der Waals surface area contributed by atoms with Crippen LogP contribution in [0.15, 0.2) is 12.3 Å². The van der Waals surface area contributed by atoms with E-state index in [1.165, 1.54) is 0 Å². The smallest absolute Gasteiger partial charge is 0.147 e. The molecule has 0 saturated carbocycles. The van der Waals surface area contributed by atoms with Gasteiger partial charge in [0.15, 0.2) is 0 Å². The van der Waals surface area contributed by atoms with Crippen molar-refractivity contribution >= 4 is 11.5 Å². The molecule has 1 heterocycles. The Kier molecular flexibility index (Phi) is 2.15. The van der Waals surface area contributed by atoms with Crippen molar-refractivity contribution in [2.75, 3.05) is 25.2 Å². The van der Waals surface area contributed by atoms with Gasteiger partial charge in [-0.3, -0.25) is 0 Å². The van der Waals surface area contributed by atoms with Crippen molar-refractivity contribution in [3.63, 3.8) is 0 Å². The monoisotopic (exact) mass is 153 g/mol. The molecule has 0 aliphatic heterocycles. The summed E-state index contributed by atoms with van der Waals surface area (Å²) in [4.78, 5) is 3.91. The van der Waals surface area contributed by atoms with Crippen molar-refractivity contribution in [2.45, 2.75) is 0 Å². The van der Waals surface area contributed by atoms with Crippen molar-refractivity contribution in [1.29, 1.82) is 0 Å². The van der Waals surface area contributed by atoms with Gasteiger partial charge in [0.05, 0.1) is 19.0 Å². The maximum absolute atomic E-state index is 5.53. The van der Waals surface area contributed by atoms with Gasteiger partial charge in [-0.15, -0.1) is 0 Å². The quantitative estimate of drug-likeness (QED) is 0.657. The summed E-state index contributed by atoms with van der Waals surface area (Å²) in [7, 11) is 3.37. The molecule has 0 bridgehead atoms. The molecule has 0 unspecified atom stereocenters. The van der Waals surface area contributed by atoms with Crippen molar-refractivity contribution < 1.29 is 4.74 Å². The second-order valence-corrected chi connectivity index (χ2v) is 2.06. The lowest BCUT2D eigenvalue weighted by molar-refractivity contribution is 0.413. The van der Waals surface area contributed by atoms with Gasteiger partial charge in [-0.1, -0.05) is 0 Å². The molecular formula is C7H11N3O. The molecule has 1 aromatic heterocycles. The number of nitrogens with zero attached hydrogens (tertiary/aromatic N) is 1. The van der Waals surface area contributed by atoms with E-state index in [0.29, 0.717) is 11.6 Å². The Balaban J connectivity index is 3.02. The molecular weight excluding hydrogens is 142 g/mol. The fourth-order valence-corrected chi connectivity index (χ4v) is 0.768. The molecule has 0 aliphatic carbocycles. The summed E-state index contributed by atoms with van der Waals surface area (Å²) in [5.41, 5.74) is 6.31. The molecule has 1 aromatic rings. The Morgan fingerprint density at radius 2 is 2.36 bits per heavy atom. The van der Waals surface area contributed by atoms with Crippen LogP contribution in [0.3, 0.4) is 0 Å². The van der Waals surface area contributed by atoms with Crippen molar-refractivity contribution in [1.82, 2.24) is 4.98 Å². The zero-order chi connectivity index (χ0) is 8.27. The third kappa shape index (κ3) is 1.52. The Morgan fingerprint density at radius 1 is 1.64 bits per heavy atom. The van der Waals surface area contributed by atoms with E-state index in [4.69, 9.17) is 10.5 Å². The fraction of sp³-hybridized carbons (Fsp3) is 0.286. The van der Waals surface area contributed by atoms with Crippen LogP contribution in [-0.2, 0) is 0 Å². The largest absolute Gasteiger partial charge is 0.495 e. The van der Waals surface area contributed by atoms with Gasteiger partial charge in [0.1, 0.15) is 11.6 Å². The van der Waals surface area contributed by atoms with Crippen LogP contribution < -0.4 is 15.8 Å². The number of anilines is 2. The minimum Gasteiger partial charge on any atom is -0.495 e. The van der Waals surface area contributed by atoms with Crippen LogP contribution in [0.4, 0.5) is 11.5 Å². The lowest BCUT2D eigenvalue weighted by atomic mass is 10.4. The summed E-state index contributed by atoms with van der Waals surface area (Å²) in [6.07, 6.45) is 1.58. The van der Waals surface area contributed by atoms with Gasteiger partial charge < -0.3 is 15.8 Å². The summed E-state index contributed by atoms with van der Waals surface area (Å²) < 4.78 is 4.95. The highest BCUT2D eigenvalue weighted by Gasteiger charge is 1.98. The Labute approximate surface area is 65.4 Å². The van der Waals surface area contributed by atoms with Crippen molar-refractivity contribution in [2.24, 2.45) is 0 Å². The SMILES string of the molecule is CNc1cc(OC)cnc1N. The highest BCUT2D eigenvalue weighted by Crippen LogP contribution is 2.20. The number of nitrogens with two attached hydrogens (primary N) is 1. The summed E-state index contributed by atoms with van der Waals surface area (Å²) in [6.45, 7) is 0. The maximum Gasteiger partial charge on any atom is 0.147 e. The topological polar surface area (TPSA) is 60.2 Å². The molecule has 4 heteroatoms. The highest BCUT2D eigenvalue weighted by atomic mass is 16.5. The van der Waals surface area contributed by atoms with Crippen LogP contribution in [0.2, 0.25) is 0 Å². The zero-order valence-corrected chi connectivity index (χ0v) is 6.59. The molecule has 0 spiro atoms. The predicted octanol–water partition coefficient (Wildman–Crippen LogP) is 0.714. The Hall–Kier alpha value is -1.45. The first-order chi connectivity index (χ1) is 5.27. The first kappa shape index (κ1) is 7.65. The number of pyridine rings is 1. The van der Waals surface area contributed by atoms with Gasteiger partial charge in [-0.25, -0.2) is 4.98 Å². The molecule has 60 valence electrons. The number of rotatable bonds is 2. The Morgan fingerprint density at radius 3 is 2.91 bits per heavy atom. The van der Waals surface area contributed by atoms with Crippen LogP contribution in [0, 0.1) is 0 Å². The molecule has 0 atom stereocenters. The summed E-state index contributed by atoms with van der Waals surface area (Å²) in [5.74, 6) is 1.18. The van der Waals surface area contributed by atoms with Gasteiger partial charge in [-0.2, -0.15) is 0 Å². The molecule has 3 N–H and O–H groups in total. The second-order valence-electron chi connectivity index (χ2n) is 2.06.